The maximum absolute atomic E-state index is 14.6. The van der Waals surface area contributed by atoms with Gasteiger partial charge in [-0.15, -0.1) is 0 Å². The molecule has 4 aliphatic rings. The van der Waals surface area contributed by atoms with Gasteiger partial charge in [0.05, 0.1) is 11.6 Å². The number of nitrogens with zero attached hydrogens (tertiary/aromatic N) is 4. The van der Waals surface area contributed by atoms with Crippen molar-refractivity contribution < 1.29 is 14.4 Å². The summed E-state index contributed by atoms with van der Waals surface area (Å²) in [6.07, 6.45) is 6.62. The Balaban J connectivity index is 1.50. The van der Waals surface area contributed by atoms with Gasteiger partial charge in [-0.3, -0.25) is 29.0 Å². The molecule has 0 bridgehead atoms. The molecule has 1 aromatic carbocycles. The van der Waals surface area contributed by atoms with E-state index in [1.807, 2.05) is 42.2 Å². The Hall–Kier alpha value is -4.01. The minimum atomic E-state index is -1.66. The van der Waals surface area contributed by atoms with E-state index in [0.29, 0.717) is 30.0 Å². The Morgan fingerprint density at radius 2 is 1.79 bits per heavy atom. The number of nitrogens with one attached hydrogen (secondary N) is 1. The number of aryl methyl sites for hydroxylation is 1. The molecule has 1 N–H and O–H groups in total. The van der Waals surface area contributed by atoms with Gasteiger partial charge in [0.1, 0.15) is 11.5 Å². The number of fused-ring (bicyclic) bond motifs is 7. The molecule has 194 valence electrons. The van der Waals surface area contributed by atoms with E-state index in [0.717, 1.165) is 48.8 Å². The number of amides is 4. The van der Waals surface area contributed by atoms with Gasteiger partial charge in [0.2, 0.25) is 11.8 Å². The number of anilines is 1. The van der Waals surface area contributed by atoms with Crippen molar-refractivity contribution in [1.29, 1.82) is 0 Å². The van der Waals surface area contributed by atoms with Gasteiger partial charge in [0.25, 0.3) is 5.56 Å². The molecule has 3 aliphatic heterocycles. The molecule has 5 heterocycles. The van der Waals surface area contributed by atoms with E-state index in [1.54, 1.807) is 12.3 Å². The molecule has 2 fully saturated rings. The van der Waals surface area contributed by atoms with Crippen LogP contribution in [0.5, 0.6) is 0 Å². The van der Waals surface area contributed by atoms with E-state index in [4.69, 9.17) is 4.98 Å². The SMILES string of the molecule is Cc1cccn2c(=O)c3c(nc12)N1CCc2ccccc2[C@H]1[C@@]1(C3)C(=O)NC(=O)N(C2CCCCC2)C1=O. The van der Waals surface area contributed by atoms with Gasteiger partial charge in [-0.25, -0.2) is 9.78 Å². The zero-order chi connectivity index (χ0) is 26.2. The zero-order valence-corrected chi connectivity index (χ0v) is 21.3. The van der Waals surface area contributed by atoms with Crippen molar-refractivity contribution >= 4 is 29.3 Å². The van der Waals surface area contributed by atoms with Crippen LogP contribution in [-0.2, 0) is 22.4 Å². The predicted molar refractivity (Wildman–Crippen MR) is 140 cm³/mol. The number of imide groups is 2. The highest BCUT2D eigenvalue weighted by Crippen LogP contribution is 2.53. The summed E-state index contributed by atoms with van der Waals surface area (Å²) >= 11 is 0. The van der Waals surface area contributed by atoms with Crippen LogP contribution in [0.15, 0.2) is 47.4 Å². The highest BCUT2D eigenvalue weighted by Gasteiger charge is 2.64. The number of barbiturate groups is 1. The molecule has 0 radical (unpaired) electrons. The van der Waals surface area contributed by atoms with Gasteiger partial charge in [-0.2, -0.15) is 0 Å². The first kappa shape index (κ1) is 23.1. The molecule has 2 atom stereocenters. The smallest absolute Gasteiger partial charge is 0.331 e. The van der Waals surface area contributed by atoms with Crippen molar-refractivity contribution in [3.8, 4) is 0 Å². The third-order valence-electron chi connectivity index (χ3n) is 8.98. The molecule has 1 saturated heterocycles. The topological polar surface area (TPSA) is 104 Å². The fourth-order valence-corrected chi connectivity index (χ4v) is 7.16. The first-order chi connectivity index (χ1) is 18.4. The fourth-order valence-electron chi connectivity index (χ4n) is 7.16. The predicted octanol–water partition coefficient (Wildman–Crippen LogP) is 3.06. The second kappa shape index (κ2) is 8.24. The number of hydrogen-bond acceptors (Lipinski definition) is 6. The first-order valence-corrected chi connectivity index (χ1v) is 13.5. The first-order valence-electron chi connectivity index (χ1n) is 13.5. The lowest BCUT2D eigenvalue weighted by Crippen LogP contribution is -2.71. The number of hydrogen-bond donors (Lipinski definition) is 1. The largest absolute Gasteiger partial charge is 0.347 e. The van der Waals surface area contributed by atoms with E-state index < -0.39 is 29.3 Å². The van der Waals surface area contributed by atoms with Crippen LogP contribution in [0.3, 0.4) is 0 Å². The summed E-state index contributed by atoms with van der Waals surface area (Å²) in [5, 5.41) is 2.55. The molecule has 0 unspecified atom stereocenters. The standard InChI is InChI=1S/C29H29N5O4/c1-17-8-7-14-33-23(17)30-24-21(25(33)35)16-29(22-20-12-6-5-9-18(20)13-15-32(22)24)26(36)31-28(38)34(27(29)37)19-10-3-2-4-11-19/h5-9,12,14,19,22H,2-4,10-11,13,15-16H2,1H3,(H,31,36,38)/t22-,29-/m0/s1. The monoisotopic (exact) mass is 511 g/mol. The van der Waals surface area contributed by atoms with Crippen LogP contribution in [-0.4, -0.2) is 44.7 Å². The summed E-state index contributed by atoms with van der Waals surface area (Å²) in [6, 6.07) is 9.97. The molecular weight excluding hydrogens is 482 g/mol. The molecule has 2 aromatic heterocycles. The number of rotatable bonds is 1. The van der Waals surface area contributed by atoms with Crippen LogP contribution in [0.1, 0.15) is 60.4 Å². The minimum absolute atomic E-state index is 0.109. The van der Waals surface area contributed by atoms with Crippen molar-refractivity contribution in [2.75, 3.05) is 11.4 Å². The number of carbonyl (C=O) groups excluding carboxylic acids is 3. The van der Waals surface area contributed by atoms with Crippen molar-refractivity contribution in [3.05, 3.63) is 75.2 Å². The summed E-state index contributed by atoms with van der Waals surface area (Å²) in [6.45, 7) is 2.41. The van der Waals surface area contributed by atoms with Gasteiger partial charge in [0.15, 0.2) is 5.41 Å². The van der Waals surface area contributed by atoms with Crippen LogP contribution in [0.2, 0.25) is 0 Å². The average molecular weight is 512 g/mol. The number of urea groups is 1. The summed E-state index contributed by atoms with van der Waals surface area (Å²) in [5.41, 5.74) is 1.75. The van der Waals surface area contributed by atoms with E-state index in [2.05, 4.69) is 5.32 Å². The normalized spacial score (nSPS) is 25.3. The molecule has 1 spiro atoms. The van der Waals surface area contributed by atoms with Crippen molar-refractivity contribution in [1.82, 2.24) is 19.6 Å². The molecule has 9 nitrogen and oxygen atoms in total. The van der Waals surface area contributed by atoms with Crippen LogP contribution in [0.4, 0.5) is 10.6 Å². The Morgan fingerprint density at radius 1 is 1.00 bits per heavy atom. The highest BCUT2D eigenvalue weighted by atomic mass is 16.2. The highest BCUT2D eigenvalue weighted by molar-refractivity contribution is 6.20. The molecule has 3 aromatic rings. The van der Waals surface area contributed by atoms with E-state index in [1.165, 1.54) is 9.30 Å². The minimum Gasteiger partial charge on any atom is -0.347 e. The lowest BCUT2D eigenvalue weighted by Gasteiger charge is -2.54. The number of carbonyl (C=O) groups is 3. The number of aromatic nitrogens is 2. The molecule has 1 saturated carbocycles. The van der Waals surface area contributed by atoms with E-state index in [9.17, 15) is 19.2 Å². The molecule has 1 aliphatic carbocycles. The lowest BCUT2D eigenvalue weighted by molar-refractivity contribution is -0.156. The van der Waals surface area contributed by atoms with Crippen molar-refractivity contribution in [3.63, 3.8) is 0 Å². The van der Waals surface area contributed by atoms with Gasteiger partial charge in [-0.05, 0) is 48.9 Å². The number of benzene rings is 1. The molecule has 7 rings (SSSR count). The molecule has 9 heteroatoms. The van der Waals surface area contributed by atoms with Gasteiger partial charge >= 0.3 is 6.03 Å². The van der Waals surface area contributed by atoms with Crippen molar-refractivity contribution in [2.45, 2.75) is 64.0 Å². The summed E-state index contributed by atoms with van der Waals surface area (Å²) < 4.78 is 1.50. The van der Waals surface area contributed by atoms with Crippen LogP contribution in [0, 0.1) is 12.3 Å². The maximum atomic E-state index is 14.6. The Bertz CT molecular complexity index is 1590. The second-order valence-electron chi connectivity index (χ2n) is 11.0. The fraction of sp³-hybridized carbons (Fsp3) is 0.414. The van der Waals surface area contributed by atoms with Crippen LogP contribution >= 0.6 is 0 Å². The van der Waals surface area contributed by atoms with E-state index in [-0.39, 0.29) is 18.0 Å². The average Bonchev–Trinajstić information content (AvgIpc) is 2.93. The summed E-state index contributed by atoms with van der Waals surface area (Å²) in [5.74, 6) is -0.606. The van der Waals surface area contributed by atoms with Crippen molar-refractivity contribution in [2.24, 2.45) is 5.41 Å². The lowest BCUT2D eigenvalue weighted by atomic mass is 9.65. The molecule has 38 heavy (non-hydrogen) atoms. The third kappa shape index (κ3) is 3.01. The zero-order valence-electron chi connectivity index (χ0n) is 21.3. The summed E-state index contributed by atoms with van der Waals surface area (Å²) in [7, 11) is 0. The van der Waals surface area contributed by atoms with Gasteiger partial charge < -0.3 is 4.90 Å². The second-order valence-corrected chi connectivity index (χ2v) is 11.0. The van der Waals surface area contributed by atoms with E-state index >= 15 is 0 Å². The van der Waals surface area contributed by atoms with Gasteiger partial charge in [0, 0.05) is 25.2 Å². The molecule has 4 amide bonds. The number of pyridine rings is 1. The summed E-state index contributed by atoms with van der Waals surface area (Å²) in [4.78, 5) is 63.9. The Morgan fingerprint density at radius 3 is 2.61 bits per heavy atom. The Labute approximate surface area is 219 Å². The molecular formula is C29H29N5O4. The Kier molecular flexibility index (Phi) is 5.02. The third-order valence-corrected chi connectivity index (χ3v) is 8.98. The maximum Gasteiger partial charge on any atom is 0.331 e. The van der Waals surface area contributed by atoms with Crippen LogP contribution in [0.25, 0.3) is 5.65 Å². The van der Waals surface area contributed by atoms with Gasteiger partial charge in [-0.1, -0.05) is 49.6 Å². The quantitative estimate of drug-likeness (QED) is 0.504. The van der Waals surface area contributed by atoms with Crippen LogP contribution < -0.4 is 15.8 Å².